The van der Waals surface area contributed by atoms with Crippen LogP contribution >= 0.6 is 23.2 Å². The van der Waals surface area contributed by atoms with E-state index in [1.165, 1.54) is 13.5 Å². The van der Waals surface area contributed by atoms with Crippen molar-refractivity contribution in [3.8, 4) is 22.9 Å². The fourth-order valence-electron chi connectivity index (χ4n) is 6.72. The fourth-order valence-corrected chi connectivity index (χ4v) is 7.25. The van der Waals surface area contributed by atoms with Crippen molar-refractivity contribution < 1.29 is 14.3 Å². The maximum atomic E-state index is 11.7. The van der Waals surface area contributed by atoms with Gasteiger partial charge in [-0.05, 0) is 94.0 Å². The van der Waals surface area contributed by atoms with Crippen molar-refractivity contribution >= 4 is 35.1 Å². The van der Waals surface area contributed by atoms with E-state index in [-0.39, 0.29) is 5.97 Å². The number of pyridine rings is 1. The minimum Gasteiger partial charge on any atom is -0.469 e. The van der Waals surface area contributed by atoms with Crippen molar-refractivity contribution in [2.45, 2.75) is 44.7 Å². The quantitative estimate of drug-likeness (QED) is 0.283. The Kier molecular flexibility index (Phi) is 9.33. The molecule has 3 aliphatic heterocycles. The maximum absolute atomic E-state index is 11.7. The lowest BCUT2D eigenvalue weighted by Gasteiger charge is -2.36. The van der Waals surface area contributed by atoms with Crippen molar-refractivity contribution in [1.29, 1.82) is 0 Å². The first kappa shape index (κ1) is 30.1. The highest BCUT2D eigenvalue weighted by atomic mass is 35.5. The first-order chi connectivity index (χ1) is 20.8. The molecule has 0 spiro atoms. The number of likely N-dealkylation sites (tertiary alicyclic amines) is 2. The molecule has 0 radical (unpaired) electrons. The standard InChI is InChI=1S/C32H38Cl2N6O3/c1-38-7-6-29-23(20-38)5-10-40(29)32-35-17-27(18-36-32)43-30-12-22(11-28(37-30)24-14-25(33)16-26(34)15-24)19-39-8-3-21(4-9-39)13-31(41)42-2/h11-12,14-18,21,23,29H,3-10,13,19-20H2,1-2H3. The number of hydrogen-bond acceptors (Lipinski definition) is 9. The smallest absolute Gasteiger partial charge is 0.305 e. The molecular formula is C32H38Cl2N6O3. The topological polar surface area (TPSA) is 83.9 Å². The summed E-state index contributed by atoms with van der Waals surface area (Å²) in [5.74, 6) is 2.64. The molecule has 3 aliphatic rings. The number of halogens is 2. The number of anilines is 1. The van der Waals surface area contributed by atoms with Crippen LogP contribution in [0.3, 0.4) is 0 Å². The second-order valence-electron chi connectivity index (χ2n) is 12.0. The Morgan fingerprint density at radius 2 is 1.70 bits per heavy atom. The first-order valence-electron chi connectivity index (χ1n) is 15.0. The number of carbonyl (C=O) groups is 1. The summed E-state index contributed by atoms with van der Waals surface area (Å²) in [4.78, 5) is 33.1. The van der Waals surface area contributed by atoms with Gasteiger partial charge in [0, 0.05) is 53.8 Å². The monoisotopic (exact) mass is 624 g/mol. The number of piperidine rings is 2. The largest absolute Gasteiger partial charge is 0.469 e. The number of ether oxygens (including phenoxy) is 2. The van der Waals surface area contributed by atoms with E-state index in [4.69, 9.17) is 47.6 Å². The first-order valence-corrected chi connectivity index (χ1v) is 15.8. The predicted molar refractivity (Wildman–Crippen MR) is 168 cm³/mol. The van der Waals surface area contributed by atoms with Crippen LogP contribution in [-0.4, -0.2) is 83.6 Å². The maximum Gasteiger partial charge on any atom is 0.305 e. The van der Waals surface area contributed by atoms with Crippen LogP contribution in [0.25, 0.3) is 11.3 Å². The second-order valence-corrected chi connectivity index (χ2v) is 12.9. The number of benzene rings is 1. The molecule has 9 nitrogen and oxygen atoms in total. The van der Waals surface area contributed by atoms with Crippen LogP contribution in [0.1, 0.15) is 37.7 Å². The summed E-state index contributed by atoms with van der Waals surface area (Å²) in [5.41, 5.74) is 2.60. The van der Waals surface area contributed by atoms with Crippen LogP contribution in [0.4, 0.5) is 5.95 Å². The molecule has 0 amide bonds. The normalized spacial score (nSPS) is 21.5. The summed E-state index contributed by atoms with van der Waals surface area (Å²) in [6.07, 6.45) is 8.18. The van der Waals surface area contributed by atoms with E-state index < -0.39 is 0 Å². The molecular weight excluding hydrogens is 587 g/mol. The molecule has 2 aromatic heterocycles. The van der Waals surface area contributed by atoms with Gasteiger partial charge in [0.25, 0.3) is 0 Å². The third kappa shape index (κ3) is 7.40. The summed E-state index contributed by atoms with van der Waals surface area (Å²) in [7, 11) is 3.65. The Morgan fingerprint density at radius 3 is 2.42 bits per heavy atom. The predicted octanol–water partition coefficient (Wildman–Crippen LogP) is 5.94. The molecule has 0 bridgehead atoms. The molecule has 5 heterocycles. The number of fused-ring (bicyclic) bond motifs is 1. The number of carbonyl (C=O) groups excluding carboxylic acids is 1. The van der Waals surface area contributed by atoms with Crippen LogP contribution < -0.4 is 9.64 Å². The molecule has 0 saturated carbocycles. The minimum absolute atomic E-state index is 0.136. The van der Waals surface area contributed by atoms with Crippen molar-refractivity contribution in [3.05, 3.63) is 58.3 Å². The van der Waals surface area contributed by atoms with E-state index >= 15 is 0 Å². The molecule has 228 valence electrons. The molecule has 2 unspecified atom stereocenters. The lowest BCUT2D eigenvalue weighted by molar-refractivity contribution is -0.142. The average molecular weight is 626 g/mol. The van der Waals surface area contributed by atoms with E-state index in [0.717, 1.165) is 81.3 Å². The highest BCUT2D eigenvalue weighted by Gasteiger charge is 2.38. The molecule has 0 aliphatic carbocycles. The Bertz CT molecular complexity index is 1410. The lowest BCUT2D eigenvalue weighted by atomic mass is 9.93. The van der Waals surface area contributed by atoms with Crippen LogP contribution in [-0.2, 0) is 16.1 Å². The summed E-state index contributed by atoms with van der Waals surface area (Å²) in [5, 5.41) is 1.09. The summed E-state index contributed by atoms with van der Waals surface area (Å²) >= 11 is 12.7. The highest BCUT2D eigenvalue weighted by molar-refractivity contribution is 6.35. The van der Waals surface area contributed by atoms with Gasteiger partial charge in [-0.25, -0.2) is 15.0 Å². The van der Waals surface area contributed by atoms with Gasteiger partial charge in [-0.1, -0.05) is 23.2 Å². The van der Waals surface area contributed by atoms with Gasteiger partial charge in [0.1, 0.15) is 0 Å². The SMILES string of the molecule is COC(=O)CC1CCN(Cc2cc(Oc3cnc(N4CCC5CN(C)CCC54)nc3)nc(-c3cc(Cl)cc(Cl)c3)c2)CC1. The van der Waals surface area contributed by atoms with Crippen LogP contribution in [0.15, 0.2) is 42.7 Å². The molecule has 3 aromatic rings. The second kappa shape index (κ2) is 13.3. The number of hydrogen-bond donors (Lipinski definition) is 0. The molecule has 3 saturated heterocycles. The van der Waals surface area contributed by atoms with Crippen molar-refractivity contribution in [3.63, 3.8) is 0 Å². The highest BCUT2D eigenvalue weighted by Crippen LogP contribution is 2.34. The third-order valence-corrected chi connectivity index (χ3v) is 9.38. The Balaban J connectivity index is 1.19. The van der Waals surface area contributed by atoms with Gasteiger partial charge in [-0.15, -0.1) is 0 Å². The Morgan fingerprint density at radius 1 is 0.953 bits per heavy atom. The number of rotatable bonds is 8. The summed E-state index contributed by atoms with van der Waals surface area (Å²) in [6, 6.07) is 9.93. The number of methoxy groups -OCH3 is 1. The van der Waals surface area contributed by atoms with Gasteiger partial charge in [0.15, 0.2) is 5.75 Å². The Labute approximate surface area is 263 Å². The zero-order valence-electron chi connectivity index (χ0n) is 24.7. The molecule has 43 heavy (non-hydrogen) atoms. The molecule has 11 heteroatoms. The van der Waals surface area contributed by atoms with E-state index in [2.05, 4.69) is 27.8 Å². The molecule has 6 rings (SSSR count). The van der Waals surface area contributed by atoms with Crippen molar-refractivity contribution in [2.24, 2.45) is 11.8 Å². The molecule has 2 atom stereocenters. The lowest BCUT2D eigenvalue weighted by Crippen LogP contribution is -2.44. The van der Waals surface area contributed by atoms with E-state index in [9.17, 15) is 4.79 Å². The summed E-state index contributed by atoms with van der Waals surface area (Å²) < 4.78 is 11.1. The van der Waals surface area contributed by atoms with Crippen LogP contribution in [0.2, 0.25) is 10.0 Å². The molecule has 0 N–H and O–H groups in total. The van der Waals surface area contributed by atoms with Crippen LogP contribution in [0, 0.1) is 11.8 Å². The van der Waals surface area contributed by atoms with Gasteiger partial charge >= 0.3 is 5.97 Å². The van der Waals surface area contributed by atoms with E-state index in [1.54, 1.807) is 18.5 Å². The zero-order chi connectivity index (χ0) is 29.9. The van der Waals surface area contributed by atoms with Gasteiger partial charge in [0.2, 0.25) is 11.8 Å². The van der Waals surface area contributed by atoms with Gasteiger partial charge in [-0.2, -0.15) is 0 Å². The van der Waals surface area contributed by atoms with Crippen molar-refractivity contribution in [1.82, 2.24) is 24.8 Å². The van der Waals surface area contributed by atoms with Crippen LogP contribution in [0.5, 0.6) is 11.6 Å². The molecule has 1 aromatic carbocycles. The Hall–Kier alpha value is -2.98. The van der Waals surface area contributed by atoms with E-state index in [0.29, 0.717) is 46.0 Å². The number of aromatic nitrogens is 3. The minimum atomic E-state index is -0.136. The van der Waals surface area contributed by atoms with Gasteiger partial charge < -0.3 is 19.3 Å². The molecule has 3 fully saturated rings. The average Bonchev–Trinajstić information content (AvgIpc) is 3.41. The van der Waals surface area contributed by atoms with Gasteiger partial charge in [-0.3, -0.25) is 9.69 Å². The van der Waals surface area contributed by atoms with Gasteiger partial charge in [0.05, 0.1) is 25.2 Å². The zero-order valence-corrected chi connectivity index (χ0v) is 26.2. The summed E-state index contributed by atoms with van der Waals surface area (Å²) in [6.45, 7) is 5.76. The third-order valence-electron chi connectivity index (χ3n) is 8.95. The number of esters is 1. The van der Waals surface area contributed by atoms with Crippen molar-refractivity contribution in [2.75, 3.05) is 51.8 Å². The fraction of sp³-hybridized carbons (Fsp3) is 0.500. The van der Waals surface area contributed by atoms with E-state index in [1.807, 2.05) is 18.2 Å². The number of nitrogens with zero attached hydrogens (tertiary/aromatic N) is 6.